The maximum Gasteiger partial charge on any atom is 0.268 e. The number of hydrogen-bond acceptors (Lipinski definition) is 3. The molecule has 0 saturated carbocycles. The molecule has 6 heteroatoms. The van der Waals surface area contributed by atoms with Gasteiger partial charge in [-0.3, -0.25) is 4.98 Å². The normalized spacial score (nSPS) is 10.8. The second kappa shape index (κ2) is 2.53. The van der Waals surface area contributed by atoms with Gasteiger partial charge in [0.15, 0.2) is 11.5 Å². The lowest BCUT2D eigenvalue weighted by atomic mass is 10.4. The summed E-state index contributed by atoms with van der Waals surface area (Å²) >= 11 is 10.1. The van der Waals surface area contributed by atoms with E-state index in [0.29, 0.717) is 0 Å². The Morgan fingerprint density at radius 3 is 3.17 bits per heavy atom. The number of aromatic amines is 1. The van der Waals surface area contributed by atoms with Gasteiger partial charge in [0.1, 0.15) is 5.15 Å². The molecular weight excluding hydrogens is 203 g/mol. The fraction of sp³-hybridized carbons (Fsp3) is 0. The third kappa shape index (κ3) is 1.11. The highest BCUT2D eigenvalue weighted by Crippen LogP contribution is 2.18. The highest BCUT2D eigenvalue weighted by molar-refractivity contribution is 7.71. The number of H-pyrrole nitrogens is 1. The van der Waals surface area contributed by atoms with Crippen LogP contribution in [0.15, 0.2) is 10.5 Å². The largest absolute Gasteiger partial charge is 0.424 e. The number of oxazole rings is 1. The number of nitrogens with zero attached hydrogens (tertiary/aromatic N) is 1. The van der Waals surface area contributed by atoms with E-state index in [9.17, 15) is 4.39 Å². The summed E-state index contributed by atoms with van der Waals surface area (Å²) < 4.78 is 17.8. The highest BCUT2D eigenvalue weighted by atomic mass is 35.5. The second-order valence-corrected chi connectivity index (χ2v) is 2.88. The molecule has 0 saturated heterocycles. The van der Waals surface area contributed by atoms with Crippen LogP contribution in [-0.4, -0.2) is 9.97 Å². The summed E-state index contributed by atoms with van der Waals surface area (Å²) in [5, 5.41) is 0.0621. The first-order chi connectivity index (χ1) is 5.66. The topological polar surface area (TPSA) is 41.8 Å². The molecule has 1 N–H and O–H groups in total. The molecule has 3 nitrogen and oxygen atoms in total. The van der Waals surface area contributed by atoms with Crippen molar-refractivity contribution in [2.24, 2.45) is 0 Å². The standard InChI is InChI=1S/C6H2ClFN2OS/c7-3-1-2(8)4-5(9-3)10-6(12)11-4/h1H,(H,9,10,12). The Bertz CT molecular complexity index is 492. The fourth-order valence-electron chi connectivity index (χ4n) is 0.870. The number of fused-ring (bicyclic) bond motifs is 1. The maximum atomic E-state index is 13.0. The van der Waals surface area contributed by atoms with Gasteiger partial charge in [0.2, 0.25) is 5.58 Å². The lowest BCUT2D eigenvalue weighted by molar-refractivity contribution is 0.542. The number of rotatable bonds is 0. The summed E-state index contributed by atoms with van der Waals surface area (Å²) in [5.74, 6) is -0.572. The summed E-state index contributed by atoms with van der Waals surface area (Å²) in [5.41, 5.74) is 0.231. The van der Waals surface area contributed by atoms with Crippen LogP contribution in [0.4, 0.5) is 4.39 Å². The van der Waals surface area contributed by atoms with Crippen LogP contribution in [-0.2, 0) is 0 Å². The molecule has 0 aliphatic rings. The van der Waals surface area contributed by atoms with E-state index in [1.807, 2.05) is 0 Å². The van der Waals surface area contributed by atoms with Crippen molar-refractivity contribution in [2.45, 2.75) is 0 Å². The van der Waals surface area contributed by atoms with Gasteiger partial charge in [-0.2, -0.15) is 0 Å². The predicted octanol–water partition coefficient (Wildman–Crippen LogP) is 2.68. The smallest absolute Gasteiger partial charge is 0.268 e. The second-order valence-electron chi connectivity index (χ2n) is 2.12. The molecular formula is C6H2ClFN2OS. The van der Waals surface area contributed by atoms with E-state index >= 15 is 0 Å². The molecule has 0 radical (unpaired) electrons. The van der Waals surface area contributed by atoms with Crippen molar-refractivity contribution in [1.82, 2.24) is 9.97 Å². The Morgan fingerprint density at radius 2 is 2.42 bits per heavy atom. The molecule has 2 aromatic heterocycles. The zero-order valence-corrected chi connectivity index (χ0v) is 7.17. The quantitative estimate of drug-likeness (QED) is 0.530. The minimum atomic E-state index is -0.572. The van der Waals surface area contributed by atoms with Crippen molar-refractivity contribution in [2.75, 3.05) is 0 Å². The van der Waals surface area contributed by atoms with Gasteiger partial charge in [-0.05, 0) is 12.2 Å². The molecule has 2 heterocycles. The van der Waals surface area contributed by atoms with Crippen LogP contribution in [0.25, 0.3) is 11.2 Å². The molecule has 0 unspecified atom stereocenters. The van der Waals surface area contributed by atoms with Gasteiger partial charge in [-0.25, -0.2) is 9.37 Å². The van der Waals surface area contributed by atoms with Crippen molar-refractivity contribution in [3.8, 4) is 0 Å². The minimum absolute atomic E-state index is 0.00407. The van der Waals surface area contributed by atoms with Gasteiger partial charge in [0.25, 0.3) is 4.84 Å². The van der Waals surface area contributed by atoms with Crippen LogP contribution in [0.2, 0.25) is 5.15 Å². The zero-order valence-electron chi connectivity index (χ0n) is 5.60. The first-order valence-electron chi connectivity index (χ1n) is 3.01. The summed E-state index contributed by atoms with van der Waals surface area (Å²) in [6.07, 6.45) is 0. The predicted molar refractivity (Wildman–Crippen MR) is 44.2 cm³/mol. The Labute approximate surface area is 76.2 Å². The number of hydrogen-bond donors (Lipinski definition) is 1. The highest BCUT2D eigenvalue weighted by Gasteiger charge is 2.08. The van der Waals surface area contributed by atoms with Crippen molar-refractivity contribution < 1.29 is 8.81 Å². The molecule has 0 spiro atoms. The van der Waals surface area contributed by atoms with E-state index in [2.05, 4.69) is 22.2 Å². The summed E-state index contributed by atoms with van der Waals surface area (Å²) in [6.45, 7) is 0. The SMILES string of the molecule is Fc1cc(Cl)nc2[nH]c(=S)oc12. The van der Waals surface area contributed by atoms with Crippen LogP contribution < -0.4 is 0 Å². The molecule has 2 rings (SSSR count). The summed E-state index contributed by atoms with van der Waals surface area (Å²) in [7, 11) is 0. The zero-order chi connectivity index (χ0) is 8.72. The molecule has 0 atom stereocenters. The Kier molecular flexibility index (Phi) is 1.62. The van der Waals surface area contributed by atoms with Gasteiger partial charge >= 0.3 is 0 Å². The van der Waals surface area contributed by atoms with E-state index < -0.39 is 5.82 Å². The Hall–Kier alpha value is -0.940. The number of aromatic nitrogens is 2. The van der Waals surface area contributed by atoms with Gasteiger partial charge in [-0.15, -0.1) is 0 Å². The van der Waals surface area contributed by atoms with Crippen LogP contribution >= 0.6 is 23.8 Å². The van der Waals surface area contributed by atoms with E-state index in [1.54, 1.807) is 0 Å². The maximum absolute atomic E-state index is 13.0. The van der Waals surface area contributed by atoms with Crippen molar-refractivity contribution >= 4 is 35.0 Å². The lowest BCUT2D eigenvalue weighted by Crippen LogP contribution is -1.81. The average Bonchev–Trinajstić information content (AvgIpc) is 2.29. The van der Waals surface area contributed by atoms with Crippen molar-refractivity contribution in [3.05, 3.63) is 21.9 Å². The van der Waals surface area contributed by atoms with Crippen LogP contribution in [0.3, 0.4) is 0 Å². The van der Waals surface area contributed by atoms with E-state index in [1.165, 1.54) is 0 Å². The van der Waals surface area contributed by atoms with Crippen LogP contribution in [0.5, 0.6) is 0 Å². The number of halogens is 2. The lowest BCUT2D eigenvalue weighted by Gasteiger charge is -1.89. The third-order valence-corrected chi connectivity index (χ3v) is 1.69. The third-order valence-electron chi connectivity index (χ3n) is 1.31. The summed E-state index contributed by atoms with van der Waals surface area (Å²) in [6, 6.07) is 1.07. The molecule has 2 aromatic rings. The van der Waals surface area contributed by atoms with Crippen molar-refractivity contribution in [3.63, 3.8) is 0 Å². The van der Waals surface area contributed by atoms with Gasteiger partial charge in [0.05, 0.1) is 0 Å². The average molecular weight is 205 g/mol. The van der Waals surface area contributed by atoms with Gasteiger partial charge < -0.3 is 4.42 Å². The molecule has 0 fully saturated rings. The first-order valence-corrected chi connectivity index (χ1v) is 3.80. The van der Waals surface area contributed by atoms with Gasteiger partial charge in [0, 0.05) is 6.07 Å². The molecule has 0 aliphatic heterocycles. The van der Waals surface area contributed by atoms with Gasteiger partial charge in [-0.1, -0.05) is 11.6 Å². The minimum Gasteiger partial charge on any atom is -0.424 e. The molecule has 0 amide bonds. The molecule has 12 heavy (non-hydrogen) atoms. The van der Waals surface area contributed by atoms with Crippen LogP contribution in [0.1, 0.15) is 0 Å². The van der Waals surface area contributed by atoms with Crippen molar-refractivity contribution in [1.29, 1.82) is 0 Å². The van der Waals surface area contributed by atoms with E-state index in [4.69, 9.17) is 16.0 Å². The Balaban J connectivity index is 2.97. The summed E-state index contributed by atoms with van der Waals surface area (Å²) in [4.78, 5) is 6.40. The number of nitrogens with one attached hydrogen (secondary N) is 1. The molecule has 0 bridgehead atoms. The van der Waals surface area contributed by atoms with E-state index in [0.717, 1.165) is 6.07 Å². The molecule has 0 aliphatic carbocycles. The molecule has 0 aromatic carbocycles. The number of pyridine rings is 1. The Morgan fingerprint density at radius 1 is 1.67 bits per heavy atom. The fourth-order valence-corrected chi connectivity index (χ4v) is 1.23. The van der Waals surface area contributed by atoms with Crippen LogP contribution in [0, 0.1) is 10.7 Å². The van der Waals surface area contributed by atoms with E-state index in [-0.39, 0.29) is 21.2 Å². The first kappa shape index (κ1) is 7.70. The molecule has 62 valence electrons. The monoisotopic (exact) mass is 204 g/mol.